The number of hydrogen-bond donors (Lipinski definition) is 2. The Hall–Kier alpha value is -2.93. The van der Waals surface area contributed by atoms with E-state index in [1.54, 1.807) is 32.0 Å². The van der Waals surface area contributed by atoms with Gasteiger partial charge in [-0.15, -0.1) is 11.6 Å². The summed E-state index contributed by atoms with van der Waals surface area (Å²) in [6, 6.07) is 6.98. The summed E-state index contributed by atoms with van der Waals surface area (Å²) in [7, 11) is 0. The minimum atomic E-state index is -0.570. The molecule has 0 aliphatic heterocycles. The van der Waals surface area contributed by atoms with E-state index in [-0.39, 0.29) is 17.4 Å². The molecule has 7 nitrogen and oxygen atoms in total. The average molecular weight is 372 g/mol. The summed E-state index contributed by atoms with van der Waals surface area (Å²) in [4.78, 5) is 31.3. The monoisotopic (exact) mass is 371 g/mol. The van der Waals surface area contributed by atoms with E-state index in [1.807, 2.05) is 13.0 Å². The van der Waals surface area contributed by atoms with Crippen LogP contribution in [0.25, 0.3) is 17.2 Å². The van der Waals surface area contributed by atoms with Crippen molar-refractivity contribution in [2.75, 3.05) is 0 Å². The zero-order valence-electron chi connectivity index (χ0n) is 14.6. The third-order valence-electron chi connectivity index (χ3n) is 4.23. The van der Waals surface area contributed by atoms with Crippen molar-refractivity contribution < 1.29 is 4.79 Å². The summed E-state index contributed by atoms with van der Waals surface area (Å²) >= 11 is 6.08. The first kappa shape index (κ1) is 17.9. The van der Waals surface area contributed by atoms with Crippen LogP contribution in [0.5, 0.6) is 0 Å². The van der Waals surface area contributed by atoms with Crippen molar-refractivity contribution in [3.8, 4) is 17.2 Å². The van der Waals surface area contributed by atoms with Crippen molar-refractivity contribution in [2.24, 2.45) is 5.73 Å². The van der Waals surface area contributed by atoms with Crippen molar-refractivity contribution in [3.05, 3.63) is 62.7 Å². The highest BCUT2D eigenvalue weighted by Gasteiger charge is 2.20. The number of nitrogens with zero attached hydrogens (tertiary/aromatic N) is 3. The standard InChI is InChI=1S/C18H18ClN5O2/c1-9-7-14(15-12(8-19)5-4-6-13(15)16(20)25)24(23-9)18-21-11(3)10(2)17(26)22-18/h4-7H,8H2,1-3H3,(H2,20,25)(H,21,22,26). The smallest absolute Gasteiger partial charge is 0.255 e. The molecule has 0 atom stereocenters. The molecule has 0 spiro atoms. The minimum absolute atomic E-state index is 0.192. The molecular weight excluding hydrogens is 354 g/mol. The number of primary amides is 1. The molecular formula is C18H18ClN5O2. The van der Waals surface area contributed by atoms with E-state index in [0.29, 0.717) is 33.8 Å². The lowest BCUT2D eigenvalue weighted by Gasteiger charge is -2.13. The highest BCUT2D eigenvalue weighted by Crippen LogP contribution is 2.30. The van der Waals surface area contributed by atoms with Crippen LogP contribution in [0.2, 0.25) is 0 Å². The maximum absolute atomic E-state index is 12.2. The van der Waals surface area contributed by atoms with Gasteiger partial charge in [0.1, 0.15) is 0 Å². The number of carbonyl (C=O) groups excluding carboxylic acids is 1. The first-order chi connectivity index (χ1) is 12.3. The molecule has 1 aromatic carbocycles. The zero-order chi connectivity index (χ0) is 19.0. The fraction of sp³-hybridized carbons (Fsp3) is 0.222. The molecule has 8 heteroatoms. The molecule has 3 N–H and O–H groups in total. The fourth-order valence-electron chi connectivity index (χ4n) is 2.79. The number of nitrogens with two attached hydrogens (primary N) is 1. The van der Waals surface area contributed by atoms with Gasteiger partial charge in [-0.25, -0.2) is 4.98 Å². The predicted octanol–water partition coefficient (Wildman–Crippen LogP) is 2.39. The van der Waals surface area contributed by atoms with Crippen LogP contribution in [0.4, 0.5) is 0 Å². The Kier molecular flexibility index (Phi) is 4.65. The first-order valence-corrected chi connectivity index (χ1v) is 8.49. The van der Waals surface area contributed by atoms with Crippen LogP contribution in [0, 0.1) is 20.8 Å². The number of aromatic nitrogens is 4. The second kappa shape index (κ2) is 6.76. The SMILES string of the molecule is Cc1cc(-c2c(CCl)cccc2C(N)=O)n(-c2nc(C)c(C)c(=O)[nH]2)n1. The second-order valence-electron chi connectivity index (χ2n) is 6.02. The van der Waals surface area contributed by atoms with Gasteiger partial charge in [-0.3, -0.25) is 14.6 Å². The van der Waals surface area contributed by atoms with Crippen LogP contribution in [-0.2, 0) is 5.88 Å². The molecule has 0 bridgehead atoms. The van der Waals surface area contributed by atoms with Crippen molar-refractivity contribution in [1.82, 2.24) is 19.7 Å². The summed E-state index contributed by atoms with van der Waals surface area (Å²) in [5, 5.41) is 4.43. The zero-order valence-corrected chi connectivity index (χ0v) is 15.4. The fourth-order valence-corrected chi connectivity index (χ4v) is 3.01. The molecule has 0 aliphatic rings. The van der Waals surface area contributed by atoms with Gasteiger partial charge in [0, 0.05) is 28.3 Å². The third-order valence-corrected chi connectivity index (χ3v) is 4.52. The van der Waals surface area contributed by atoms with Crippen LogP contribution in [0.15, 0.2) is 29.1 Å². The van der Waals surface area contributed by atoms with E-state index in [9.17, 15) is 9.59 Å². The van der Waals surface area contributed by atoms with Gasteiger partial charge in [0.05, 0.1) is 11.4 Å². The Morgan fingerprint density at radius 2 is 2.04 bits per heavy atom. The number of aryl methyl sites for hydroxylation is 2. The molecule has 2 aromatic heterocycles. The van der Waals surface area contributed by atoms with Crippen LogP contribution in [-0.4, -0.2) is 25.7 Å². The number of halogens is 1. The van der Waals surface area contributed by atoms with Gasteiger partial charge in [0.25, 0.3) is 5.56 Å². The van der Waals surface area contributed by atoms with Gasteiger partial charge in [-0.2, -0.15) is 9.78 Å². The quantitative estimate of drug-likeness (QED) is 0.686. The average Bonchev–Trinajstić information content (AvgIpc) is 2.99. The van der Waals surface area contributed by atoms with Gasteiger partial charge in [0.15, 0.2) is 0 Å². The number of hydrogen-bond acceptors (Lipinski definition) is 4. The number of aromatic amines is 1. The lowest BCUT2D eigenvalue weighted by molar-refractivity contribution is 0.100. The van der Waals surface area contributed by atoms with Crippen molar-refractivity contribution in [1.29, 1.82) is 0 Å². The molecule has 3 rings (SSSR count). The molecule has 0 saturated carbocycles. The number of rotatable bonds is 4. The molecule has 134 valence electrons. The molecule has 0 unspecified atom stereocenters. The molecule has 0 fully saturated rings. The van der Waals surface area contributed by atoms with E-state index in [1.165, 1.54) is 4.68 Å². The Morgan fingerprint density at radius 1 is 1.31 bits per heavy atom. The highest BCUT2D eigenvalue weighted by atomic mass is 35.5. The van der Waals surface area contributed by atoms with E-state index in [2.05, 4.69) is 15.1 Å². The maximum atomic E-state index is 12.2. The van der Waals surface area contributed by atoms with E-state index < -0.39 is 5.91 Å². The molecule has 26 heavy (non-hydrogen) atoms. The highest BCUT2D eigenvalue weighted by molar-refractivity contribution is 6.17. The number of alkyl halides is 1. The predicted molar refractivity (Wildman–Crippen MR) is 99.7 cm³/mol. The van der Waals surface area contributed by atoms with Gasteiger partial charge in [0.2, 0.25) is 11.9 Å². The van der Waals surface area contributed by atoms with Crippen LogP contribution in [0.1, 0.15) is 32.9 Å². The minimum Gasteiger partial charge on any atom is -0.366 e. The third kappa shape index (κ3) is 3.01. The Bertz CT molecular complexity index is 1070. The maximum Gasteiger partial charge on any atom is 0.255 e. The molecule has 2 heterocycles. The molecule has 0 aliphatic carbocycles. The van der Waals surface area contributed by atoms with E-state index in [4.69, 9.17) is 17.3 Å². The molecule has 1 amide bonds. The number of benzene rings is 1. The van der Waals surface area contributed by atoms with Crippen LogP contribution in [0.3, 0.4) is 0 Å². The van der Waals surface area contributed by atoms with Gasteiger partial charge in [-0.1, -0.05) is 12.1 Å². The summed E-state index contributed by atoms with van der Waals surface area (Å²) in [6.45, 7) is 5.27. The van der Waals surface area contributed by atoms with Gasteiger partial charge < -0.3 is 5.73 Å². The Labute approximate surface area is 154 Å². The second-order valence-corrected chi connectivity index (χ2v) is 6.29. The van der Waals surface area contributed by atoms with Crippen molar-refractivity contribution in [3.63, 3.8) is 0 Å². The summed E-state index contributed by atoms with van der Waals surface area (Å²) in [5.41, 5.74) is 9.37. The number of carbonyl (C=O) groups is 1. The molecule has 3 aromatic rings. The summed E-state index contributed by atoms with van der Waals surface area (Å²) in [5.74, 6) is -0.114. The number of amides is 1. The summed E-state index contributed by atoms with van der Waals surface area (Å²) in [6.07, 6.45) is 0. The van der Waals surface area contributed by atoms with E-state index in [0.717, 1.165) is 5.56 Å². The molecule has 0 saturated heterocycles. The first-order valence-electron chi connectivity index (χ1n) is 7.96. The van der Waals surface area contributed by atoms with Gasteiger partial charge in [-0.05, 0) is 38.5 Å². The Balaban J connectivity index is 2.34. The van der Waals surface area contributed by atoms with Crippen molar-refractivity contribution in [2.45, 2.75) is 26.7 Å². The lowest BCUT2D eigenvalue weighted by Crippen LogP contribution is -2.19. The van der Waals surface area contributed by atoms with Crippen LogP contribution >= 0.6 is 11.6 Å². The summed E-state index contributed by atoms with van der Waals surface area (Å²) < 4.78 is 1.50. The topological polar surface area (TPSA) is 107 Å². The number of nitrogens with one attached hydrogen (secondary N) is 1. The number of H-pyrrole nitrogens is 1. The Morgan fingerprint density at radius 3 is 2.65 bits per heavy atom. The van der Waals surface area contributed by atoms with E-state index >= 15 is 0 Å². The van der Waals surface area contributed by atoms with Crippen LogP contribution < -0.4 is 11.3 Å². The largest absolute Gasteiger partial charge is 0.366 e. The van der Waals surface area contributed by atoms with Gasteiger partial charge >= 0.3 is 0 Å². The lowest BCUT2D eigenvalue weighted by atomic mass is 9.98. The molecule has 0 radical (unpaired) electrons. The normalized spacial score (nSPS) is 10.9. The van der Waals surface area contributed by atoms with Crippen molar-refractivity contribution >= 4 is 17.5 Å².